The lowest BCUT2D eigenvalue weighted by atomic mass is 9.57. The highest BCUT2D eigenvalue weighted by Gasteiger charge is 2.49. The summed E-state index contributed by atoms with van der Waals surface area (Å²) in [6, 6.07) is 8.59. The topological polar surface area (TPSA) is 189 Å². The number of hydrogen-bond acceptors (Lipinski definition) is 12. The Kier molecular flexibility index (Phi) is 11.5. The van der Waals surface area contributed by atoms with Crippen molar-refractivity contribution >= 4 is 73.4 Å². The van der Waals surface area contributed by atoms with E-state index >= 15 is 0 Å². The zero-order chi connectivity index (χ0) is 45.1. The fourth-order valence-electron chi connectivity index (χ4n) is 11.7. The van der Waals surface area contributed by atoms with Crippen LogP contribution in [0.4, 0.5) is 15.9 Å². The van der Waals surface area contributed by atoms with E-state index in [4.69, 9.17) is 10.5 Å². The summed E-state index contributed by atoms with van der Waals surface area (Å²) in [4.78, 5) is 71.5. The number of imide groups is 2. The molecule has 5 fully saturated rings. The number of carbonyl (C=O) groups is 5. The van der Waals surface area contributed by atoms with Crippen molar-refractivity contribution in [3.63, 3.8) is 0 Å². The van der Waals surface area contributed by atoms with Crippen LogP contribution in [0.25, 0.3) is 20.9 Å². The Morgan fingerprint density at radius 3 is 2.54 bits per heavy atom. The molecule has 3 aliphatic heterocycles. The molecule has 5 amide bonds. The van der Waals surface area contributed by atoms with Gasteiger partial charge in [0.15, 0.2) is 6.17 Å². The molecule has 5 N–H and O–H groups in total. The van der Waals surface area contributed by atoms with Gasteiger partial charge in [-0.05, 0) is 131 Å². The van der Waals surface area contributed by atoms with Crippen molar-refractivity contribution in [1.82, 2.24) is 29.8 Å². The normalized spacial score (nSPS) is 30.0. The number of anilines is 2. The molecular weight excluding hydrogens is 848 g/mol. The van der Waals surface area contributed by atoms with Gasteiger partial charge in [-0.2, -0.15) is 4.37 Å². The van der Waals surface area contributed by atoms with Crippen LogP contribution in [0, 0.1) is 35.0 Å². The number of nitrogens with one attached hydrogen (secondary N) is 3. The van der Waals surface area contributed by atoms with Gasteiger partial charge in [0.05, 0.1) is 27.4 Å². The van der Waals surface area contributed by atoms with Crippen molar-refractivity contribution in [2.75, 3.05) is 31.2 Å². The quantitative estimate of drug-likeness (QED) is 0.102. The smallest absolute Gasteiger partial charge is 0.264 e. The van der Waals surface area contributed by atoms with E-state index in [2.05, 4.69) is 49.1 Å². The van der Waals surface area contributed by atoms with Crippen molar-refractivity contribution in [1.29, 1.82) is 0 Å². The summed E-state index contributed by atoms with van der Waals surface area (Å²) in [6.07, 6.45) is 12.0. The zero-order valence-electron chi connectivity index (χ0n) is 36.8. The Bertz CT molecular complexity index is 2650. The molecule has 16 heteroatoms. The Morgan fingerprint density at radius 2 is 1.78 bits per heavy atom. The predicted octanol–water partition coefficient (Wildman–Crippen LogP) is 6.36. The van der Waals surface area contributed by atoms with Crippen LogP contribution >= 0.6 is 11.5 Å². The van der Waals surface area contributed by atoms with Crippen LogP contribution in [-0.2, 0) is 14.4 Å². The fourth-order valence-corrected chi connectivity index (χ4v) is 12.4. The molecule has 3 saturated carbocycles. The molecule has 2 aromatic heterocycles. The SMILES string of the molecule is CC[C@H]1C(COc2ncc(C#CC3CCC(CN(C)C4CCC5(CC4)CC(Nc4cccc6c4C(=O)N(C4CCC(=O)NC4=O)C6=O)C5)CC3)c3cc4c(N)nsc4cc23)NC(=O)[C@H]1F. The number of rotatable bonds is 10. The number of alkyl halides is 1. The Labute approximate surface area is 381 Å². The Hall–Kier alpha value is -5.66. The minimum Gasteiger partial charge on any atom is -0.475 e. The van der Waals surface area contributed by atoms with Gasteiger partial charge in [-0.25, -0.2) is 9.37 Å². The first kappa shape index (κ1) is 43.2. The number of amides is 5. The highest BCUT2D eigenvalue weighted by atomic mass is 32.1. The second kappa shape index (κ2) is 17.3. The first-order chi connectivity index (χ1) is 31.4. The number of halogens is 1. The van der Waals surface area contributed by atoms with Crippen molar-refractivity contribution in [3.05, 3.63) is 53.2 Å². The third kappa shape index (κ3) is 8.09. The van der Waals surface area contributed by atoms with Crippen LogP contribution in [-0.4, -0.2) is 99.2 Å². The number of nitrogens with two attached hydrogens (primary N) is 1. The van der Waals surface area contributed by atoms with Gasteiger partial charge in [0.25, 0.3) is 17.7 Å². The molecule has 65 heavy (non-hydrogen) atoms. The second-order valence-electron chi connectivity index (χ2n) is 19.4. The van der Waals surface area contributed by atoms with Crippen molar-refractivity contribution < 1.29 is 33.1 Å². The van der Waals surface area contributed by atoms with Crippen LogP contribution in [0.3, 0.4) is 0 Å². The van der Waals surface area contributed by atoms with Crippen molar-refractivity contribution in [2.45, 2.75) is 121 Å². The molecule has 2 saturated heterocycles. The first-order valence-electron chi connectivity index (χ1n) is 23.3. The number of aromatic nitrogens is 2. The first-order valence-corrected chi connectivity index (χ1v) is 24.0. The van der Waals surface area contributed by atoms with E-state index in [0.717, 1.165) is 76.4 Å². The molecule has 2 aromatic carbocycles. The molecule has 340 valence electrons. The second-order valence-corrected chi connectivity index (χ2v) is 20.2. The molecule has 3 aliphatic carbocycles. The van der Waals surface area contributed by atoms with E-state index in [1.54, 1.807) is 18.3 Å². The summed E-state index contributed by atoms with van der Waals surface area (Å²) in [7, 11) is 2.29. The van der Waals surface area contributed by atoms with Crippen LogP contribution in [0.15, 0.2) is 36.5 Å². The highest BCUT2D eigenvalue weighted by Crippen LogP contribution is 2.53. The van der Waals surface area contributed by atoms with Crippen LogP contribution in [0.1, 0.15) is 117 Å². The van der Waals surface area contributed by atoms with E-state index in [0.29, 0.717) is 58.2 Å². The van der Waals surface area contributed by atoms with Gasteiger partial charge in [-0.15, -0.1) is 0 Å². The van der Waals surface area contributed by atoms with Gasteiger partial charge < -0.3 is 26.0 Å². The van der Waals surface area contributed by atoms with E-state index in [-0.39, 0.29) is 25.5 Å². The minimum atomic E-state index is -1.54. The lowest BCUT2D eigenvalue weighted by Gasteiger charge is -2.53. The van der Waals surface area contributed by atoms with Gasteiger partial charge in [-0.3, -0.25) is 34.2 Å². The molecule has 10 rings (SSSR count). The lowest BCUT2D eigenvalue weighted by molar-refractivity contribution is -0.136. The van der Waals surface area contributed by atoms with Gasteiger partial charge in [0, 0.05) is 64.9 Å². The average Bonchev–Trinajstić information content (AvgIpc) is 3.89. The number of benzene rings is 2. The zero-order valence-corrected chi connectivity index (χ0v) is 37.6. The maximum Gasteiger partial charge on any atom is 0.264 e. The molecule has 14 nitrogen and oxygen atoms in total. The number of ether oxygens (including phenoxy) is 1. The summed E-state index contributed by atoms with van der Waals surface area (Å²) < 4.78 is 25.9. The maximum absolute atomic E-state index is 14.5. The van der Waals surface area contributed by atoms with E-state index in [9.17, 15) is 28.4 Å². The standard InChI is InChI=1S/C49H55FN8O6S/c1-3-31-37(54-45(61)42(31)50)25-64-46-34-20-39-35(43(51)56-65-39)19-33(34)28(23-52-46)12-11-26-7-9-27(10-8-26)24-57(2)30-15-17-49(18-16-30)21-29(22-49)53-36-6-4-5-32-41(36)48(63)58(47(32)62)38-13-14-40(59)55-44(38)60/h4-6,19-20,23,26-27,29-31,37-38,42,53H,3,7-10,13-18,21-22,24-25H2,1-2H3,(H2,51,56)(H,54,61)(H,55,59,60)/t26?,27?,29?,30?,31-,37?,38?,42-,49?/m0/s1. The molecule has 6 aliphatic rings. The van der Waals surface area contributed by atoms with E-state index in [1.165, 1.54) is 37.2 Å². The summed E-state index contributed by atoms with van der Waals surface area (Å²) in [5.74, 6) is 5.83. The largest absolute Gasteiger partial charge is 0.475 e. The fraction of sp³-hybridized carbons (Fsp3) is 0.531. The summed E-state index contributed by atoms with van der Waals surface area (Å²) in [6.45, 7) is 3.07. The number of pyridine rings is 1. The molecule has 4 atom stereocenters. The van der Waals surface area contributed by atoms with Gasteiger partial charge in [0.1, 0.15) is 18.5 Å². The molecular formula is C49H55FN8O6S. The third-order valence-corrected chi connectivity index (χ3v) is 16.3. The Balaban J connectivity index is 0.708. The summed E-state index contributed by atoms with van der Waals surface area (Å²) in [5, 5.41) is 11.1. The minimum absolute atomic E-state index is 0.0896. The van der Waals surface area contributed by atoms with Crippen LogP contribution < -0.4 is 26.4 Å². The molecule has 1 spiro atoms. The predicted molar refractivity (Wildman–Crippen MR) is 245 cm³/mol. The summed E-state index contributed by atoms with van der Waals surface area (Å²) in [5.41, 5.74) is 8.58. The van der Waals surface area contributed by atoms with Gasteiger partial charge in [-0.1, -0.05) is 24.8 Å². The molecule has 0 bridgehead atoms. The van der Waals surface area contributed by atoms with E-state index < -0.39 is 53.7 Å². The average molecular weight is 903 g/mol. The monoisotopic (exact) mass is 902 g/mol. The molecule has 2 unspecified atom stereocenters. The highest BCUT2D eigenvalue weighted by molar-refractivity contribution is 7.13. The number of hydrogen-bond donors (Lipinski definition) is 4. The molecule has 4 aromatic rings. The molecule has 5 heterocycles. The number of carbonyl (C=O) groups excluding carboxylic acids is 5. The lowest BCUT2D eigenvalue weighted by Crippen LogP contribution is -2.54. The number of nitrogen functional groups attached to an aromatic ring is 1. The van der Waals surface area contributed by atoms with Crippen molar-refractivity contribution in [3.8, 4) is 17.7 Å². The maximum atomic E-state index is 14.5. The number of nitrogens with zero attached hydrogens (tertiary/aromatic N) is 4. The summed E-state index contributed by atoms with van der Waals surface area (Å²) >= 11 is 1.31. The number of piperidine rings is 1. The molecule has 0 radical (unpaired) electrons. The van der Waals surface area contributed by atoms with Gasteiger partial charge in [0.2, 0.25) is 17.7 Å². The van der Waals surface area contributed by atoms with Gasteiger partial charge >= 0.3 is 0 Å². The van der Waals surface area contributed by atoms with Crippen LogP contribution in [0.5, 0.6) is 5.88 Å². The van der Waals surface area contributed by atoms with E-state index in [1.807, 2.05) is 25.1 Å². The Morgan fingerprint density at radius 1 is 1.00 bits per heavy atom. The number of fused-ring (bicyclic) bond motifs is 3. The third-order valence-electron chi connectivity index (χ3n) is 15.4. The van der Waals surface area contributed by atoms with Crippen LogP contribution in [0.2, 0.25) is 0 Å². The van der Waals surface area contributed by atoms with Crippen molar-refractivity contribution in [2.24, 2.45) is 23.2 Å².